The number of carbonyl (C=O) groups excluding carboxylic acids is 1. The van der Waals surface area contributed by atoms with Gasteiger partial charge in [0.25, 0.3) is 0 Å². The first-order valence-electron chi connectivity index (χ1n) is 7.29. The van der Waals surface area contributed by atoms with Gasteiger partial charge in [-0.2, -0.15) is 0 Å². The number of carboxylic acids is 1. The maximum Gasteiger partial charge on any atom is 0.315 e. The normalized spacial score (nSPS) is 10.1. The van der Waals surface area contributed by atoms with Crippen molar-refractivity contribution in [1.82, 2.24) is 15.6 Å². The number of urea groups is 1. The van der Waals surface area contributed by atoms with Crippen molar-refractivity contribution in [2.24, 2.45) is 0 Å². The van der Waals surface area contributed by atoms with E-state index in [1.54, 1.807) is 6.20 Å². The molecule has 0 radical (unpaired) electrons. The monoisotopic (exact) mass is 293 g/mol. The average molecular weight is 293 g/mol. The number of carbonyl (C=O) groups is 2. The molecule has 1 heterocycles. The second-order valence-corrected chi connectivity index (χ2v) is 4.78. The van der Waals surface area contributed by atoms with Crippen molar-refractivity contribution in [3.05, 3.63) is 29.6 Å². The molecule has 0 fully saturated rings. The van der Waals surface area contributed by atoms with E-state index in [1.165, 1.54) is 0 Å². The Balaban J connectivity index is 2.15. The van der Waals surface area contributed by atoms with Crippen molar-refractivity contribution in [3.63, 3.8) is 0 Å². The van der Waals surface area contributed by atoms with Gasteiger partial charge in [-0.25, -0.2) is 4.79 Å². The molecule has 0 unspecified atom stereocenters. The predicted molar refractivity (Wildman–Crippen MR) is 80.0 cm³/mol. The molecule has 0 aliphatic carbocycles. The number of rotatable bonds is 9. The third kappa shape index (κ3) is 7.29. The summed E-state index contributed by atoms with van der Waals surface area (Å²) in [5.74, 6) is -0.775. The fourth-order valence-electron chi connectivity index (χ4n) is 1.96. The summed E-state index contributed by atoms with van der Waals surface area (Å²) in [5.41, 5.74) is 2.02. The zero-order valence-electron chi connectivity index (χ0n) is 12.4. The quantitative estimate of drug-likeness (QED) is 0.608. The molecule has 6 nitrogen and oxygen atoms in total. The molecule has 116 valence electrons. The number of nitrogens with one attached hydrogen (secondary N) is 2. The highest BCUT2D eigenvalue weighted by atomic mass is 16.4. The van der Waals surface area contributed by atoms with Gasteiger partial charge in [0, 0.05) is 19.2 Å². The van der Waals surface area contributed by atoms with E-state index >= 15 is 0 Å². The fraction of sp³-hybridized carbons (Fsp3) is 0.533. The largest absolute Gasteiger partial charge is 0.481 e. The summed E-state index contributed by atoms with van der Waals surface area (Å²) in [6.07, 6.45) is 5.02. The van der Waals surface area contributed by atoms with Crippen LogP contribution in [0.1, 0.15) is 43.9 Å². The Bertz CT molecular complexity index is 463. The van der Waals surface area contributed by atoms with Crippen LogP contribution in [0.25, 0.3) is 0 Å². The fourth-order valence-corrected chi connectivity index (χ4v) is 1.96. The minimum atomic E-state index is -0.775. The lowest BCUT2D eigenvalue weighted by Crippen LogP contribution is -2.36. The van der Waals surface area contributed by atoms with E-state index in [-0.39, 0.29) is 12.5 Å². The van der Waals surface area contributed by atoms with Crippen LogP contribution in [0.2, 0.25) is 0 Å². The third-order valence-corrected chi connectivity index (χ3v) is 3.13. The lowest BCUT2D eigenvalue weighted by Gasteiger charge is -2.09. The molecule has 0 saturated carbocycles. The number of nitrogens with zero attached hydrogens (tertiary/aromatic N) is 1. The van der Waals surface area contributed by atoms with Crippen molar-refractivity contribution >= 4 is 12.0 Å². The van der Waals surface area contributed by atoms with Crippen molar-refractivity contribution < 1.29 is 14.7 Å². The van der Waals surface area contributed by atoms with E-state index in [1.807, 2.05) is 12.1 Å². The molecule has 1 rings (SSSR count). The highest BCUT2D eigenvalue weighted by Crippen LogP contribution is 2.05. The van der Waals surface area contributed by atoms with Crippen molar-refractivity contribution in [3.8, 4) is 0 Å². The van der Waals surface area contributed by atoms with Crippen LogP contribution in [0.15, 0.2) is 18.3 Å². The molecule has 1 aromatic heterocycles. The van der Waals surface area contributed by atoms with Gasteiger partial charge in [0.15, 0.2) is 0 Å². The van der Waals surface area contributed by atoms with Gasteiger partial charge >= 0.3 is 12.0 Å². The molecular weight excluding hydrogens is 270 g/mol. The van der Waals surface area contributed by atoms with Crippen LogP contribution in [-0.4, -0.2) is 28.6 Å². The van der Waals surface area contributed by atoms with Crippen LogP contribution in [0.5, 0.6) is 0 Å². The summed E-state index contributed by atoms with van der Waals surface area (Å²) >= 11 is 0. The van der Waals surface area contributed by atoms with Crippen LogP contribution in [0.4, 0.5) is 4.79 Å². The summed E-state index contributed by atoms with van der Waals surface area (Å²) in [7, 11) is 0. The molecule has 0 aliphatic heterocycles. The summed E-state index contributed by atoms with van der Waals surface area (Å²) < 4.78 is 0. The van der Waals surface area contributed by atoms with Crippen molar-refractivity contribution in [1.29, 1.82) is 0 Å². The molecule has 6 heteroatoms. The first-order chi connectivity index (χ1) is 10.1. The Hall–Kier alpha value is -2.11. The lowest BCUT2D eigenvalue weighted by molar-refractivity contribution is -0.137. The highest BCUT2D eigenvalue weighted by molar-refractivity contribution is 5.73. The number of aliphatic carboxylic acids is 1. The number of pyridine rings is 1. The Kier molecular flexibility index (Phi) is 7.86. The van der Waals surface area contributed by atoms with Gasteiger partial charge in [0.2, 0.25) is 0 Å². The smallest absolute Gasteiger partial charge is 0.315 e. The van der Waals surface area contributed by atoms with Crippen molar-refractivity contribution in [2.75, 3.05) is 6.54 Å². The Morgan fingerprint density at radius 1 is 1.24 bits per heavy atom. The lowest BCUT2D eigenvalue weighted by atomic mass is 10.1. The zero-order valence-corrected chi connectivity index (χ0v) is 12.4. The molecule has 0 spiro atoms. The number of carboxylic acid groups (broad SMARTS) is 1. The minimum Gasteiger partial charge on any atom is -0.481 e. The second kappa shape index (κ2) is 9.74. The maximum atomic E-state index is 11.6. The number of hydrogen-bond donors (Lipinski definition) is 3. The minimum absolute atomic E-state index is 0.186. The highest BCUT2D eigenvalue weighted by Gasteiger charge is 2.04. The van der Waals surface area contributed by atoms with Crippen LogP contribution in [-0.2, 0) is 17.8 Å². The first-order valence-corrected chi connectivity index (χ1v) is 7.29. The molecule has 2 amide bonds. The number of aromatic nitrogens is 1. The summed E-state index contributed by atoms with van der Waals surface area (Å²) in [4.78, 5) is 26.2. The molecule has 0 aromatic carbocycles. The van der Waals surface area contributed by atoms with Gasteiger partial charge in [-0.05, 0) is 30.9 Å². The summed E-state index contributed by atoms with van der Waals surface area (Å²) in [6.45, 7) is 3.01. The van der Waals surface area contributed by atoms with Gasteiger partial charge < -0.3 is 15.7 Å². The Labute approximate surface area is 125 Å². The van der Waals surface area contributed by atoms with Crippen LogP contribution in [0.3, 0.4) is 0 Å². The van der Waals surface area contributed by atoms with Gasteiger partial charge in [0.05, 0.1) is 12.2 Å². The maximum absolute atomic E-state index is 11.6. The van der Waals surface area contributed by atoms with Crippen LogP contribution >= 0.6 is 0 Å². The molecule has 0 aliphatic rings. The van der Waals surface area contributed by atoms with E-state index in [2.05, 4.69) is 22.5 Å². The summed E-state index contributed by atoms with van der Waals surface area (Å²) in [6, 6.07) is 3.67. The van der Waals surface area contributed by atoms with Gasteiger partial charge in [0.1, 0.15) is 0 Å². The zero-order chi connectivity index (χ0) is 15.5. The van der Waals surface area contributed by atoms with Gasteiger partial charge in [-0.1, -0.05) is 19.4 Å². The SMILES string of the molecule is CCc1cccnc1CNC(=O)NCCCCCC(=O)O. The van der Waals surface area contributed by atoms with Crippen molar-refractivity contribution in [2.45, 2.75) is 45.6 Å². The molecule has 0 bridgehead atoms. The number of hydrogen-bond acceptors (Lipinski definition) is 3. The standard InChI is InChI=1S/C15H23N3O3/c1-2-12-7-6-10-16-13(12)11-18-15(21)17-9-5-3-4-8-14(19)20/h6-7,10H,2-5,8-9,11H2,1H3,(H,19,20)(H2,17,18,21). The molecule has 0 saturated heterocycles. The number of aryl methyl sites for hydroxylation is 1. The van der Waals surface area contributed by atoms with E-state index in [4.69, 9.17) is 5.11 Å². The van der Waals surface area contributed by atoms with E-state index in [0.717, 1.165) is 30.5 Å². The second-order valence-electron chi connectivity index (χ2n) is 4.78. The molecular formula is C15H23N3O3. The van der Waals surface area contributed by atoms with Gasteiger partial charge in [-0.15, -0.1) is 0 Å². The Morgan fingerprint density at radius 3 is 2.76 bits per heavy atom. The van der Waals surface area contributed by atoms with Crippen LogP contribution in [0, 0.1) is 0 Å². The molecule has 3 N–H and O–H groups in total. The van der Waals surface area contributed by atoms with E-state index in [9.17, 15) is 9.59 Å². The predicted octanol–water partition coefficient (Wildman–Crippen LogP) is 2.09. The average Bonchev–Trinajstić information content (AvgIpc) is 2.48. The van der Waals surface area contributed by atoms with E-state index in [0.29, 0.717) is 19.5 Å². The summed E-state index contributed by atoms with van der Waals surface area (Å²) in [5, 5.41) is 14.0. The molecule has 1 aromatic rings. The molecule has 21 heavy (non-hydrogen) atoms. The topological polar surface area (TPSA) is 91.3 Å². The third-order valence-electron chi connectivity index (χ3n) is 3.13. The first kappa shape index (κ1) is 16.9. The van der Waals surface area contributed by atoms with Crippen LogP contribution < -0.4 is 10.6 Å². The van der Waals surface area contributed by atoms with E-state index < -0.39 is 5.97 Å². The molecule has 0 atom stereocenters. The number of unbranched alkanes of at least 4 members (excludes halogenated alkanes) is 2. The Morgan fingerprint density at radius 2 is 2.05 bits per heavy atom. The van der Waals surface area contributed by atoms with Gasteiger partial charge in [-0.3, -0.25) is 9.78 Å². The number of amides is 2.